The first-order valence-electron chi connectivity index (χ1n) is 8.49. The van der Waals surface area contributed by atoms with Crippen LogP contribution in [0, 0.1) is 5.82 Å². The number of carbonyl (C=O) groups is 2. The summed E-state index contributed by atoms with van der Waals surface area (Å²) in [6, 6.07) is 14.5. The average Bonchev–Trinajstić information content (AvgIpc) is 2.73. The largest absolute Gasteiger partial charge is 0.497 e. The van der Waals surface area contributed by atoms with Crippen LogP contribution in [-0.2, 0) is 6.54 Å². The molecule has 28 heavy (non-hydrogen) atoms. The molecule has 0 bridgehead atoms. The predicted molar refractivity (Wildman–Crippen MR) is 103 cm³/mol. The van der Waals surface area contributed by atoms with Crippen molar-refractivity contribution < 1.29 is 18.7 Å². The fraction of sp³-hybridized carbons (Fsp3) is 0.0952. The van der Waals surface area contributed by atoms with Crippen molar-refractivity contribution >= 4 is 17.5 Å². The van der Waals surface area contributed by atoms with E-state index in [2.05, 4.69) is 15.6 Å². The lowest BCUT2D eigenvalue weighted by atomic mass is 10.1. The summed E-state index contributed by atoms with van der Waals surface area (Å²) < 4.78 is 18.7. The van der Waals surface area contributed by atoms with Gasteiger partial charge in [-0.3, -0.25) is 14.6 Å². The number of nitrogens with one attached hydrogen (secondary N) is 2. The van der Waals surface area contributed by atoms with Gasteiger partial charge in [-0.15, -0.1) is 0 Å². The molecular formula is C21H18FN3O3. The molecular weight excluding hydrogens is 361 g/mol. The van der Waals surface area contributed by atoms with Crippen molar-refractivity contribution in [3.63, 3.8) is 0 Å². The Labute approximate surface area is 161 Å². The molecule has 3 aromatic rings. The fourth-order valence-corrected chi connectivity index (χ4v) is 2.49. The second kappa shape index (κ2) is 8.77. The number of benzene rings is 2. The van der Waals surface area contributed by atoms with E-state index in [9.17, 15) is 14.0 Å². The number of nitrogens with zero attached hydrogens (tertiary/aromatic N) is 1. The highest BCUT2D eigenvalue weighted by Crippen LogP contribution is 2.16. The lowest BCUT2D eigenvalue weighted by Crippen LogP contribution is -2.24. The summed E-state index contributed by atoms with van der Waals surface area (Å²) in [5, 5.41) is 5.35. The van der Waals surface area contributed by atoms with Gasteiger partial charge in [0.2, 0.25) is 0 Å². The van der Waals surface area contributed by atoms with Crippen molar-refractivity contribution in [2.75, 3.05) is 12.4 Å². The van der Waals surface area contributed by atoms with Crippen LogP contribution in [0.2, 0.25) is 0 Å². The molecule has 1 heterocycles. The van der Waals surface area contributed by atoms with Gasteiger partial charge in [0.25, 0.3) is 11.8 Å². The Morgan fingerprint density at radius 3 is 2.36 bits per heavy atom. The van der Waals surface area contributed by atoms with Gasteiger partial charge >= 0.3 is 0 Å². The van der Waals surface area contributed by atoms with Crippen LogP contribution in [-0.4, -0.2) is 23.9 Å². The molecule has 3 rings (SSSR count). The van der Waals surface area contributed by atoms with Crippen molar-refractivity contribution in [3.8, 4) is 5.75 Å². The van der Waals surface area contributed by atoms with Crippen LogP contribution in [0.4, 0.5) is 10.1 Å². The predicted octanol–water partition coefficient (Wildman–Crippen LogP) is 3.41. The number of aromatic nitrogens is 1. The Hall–Kier alpha value is -3.74. The van der Waals surface area contributed by atoms with Crippen LogP contribution in [0.25, 0.3) is 0 Å². The minimum atomic E-state index is -0.449. The fourth-order valence-electron chi connectivity index (χ4n) is 2.49. The molecule has 0 aliphatic rings. The zero-order valence-electron chi connectivity index (χ0n) is 15.1. The third-order valence-electron chi connectivity index (χ3n) is 4.01. The third-order valence-corrected chi connectivity index (χ3v) is 4.01. The van der Waals surface area contributed by atoms with Crippen LogP contribution in [0.1, 0.15) is 26.3 Å². The van der Waals surface area contributed by atoms with Gasteiger partial charge in [0.05, 0.1) is 18.2 Å². The second-order valence-electron chi connectivity index (χ2n) is 5.92. The minimum absolute atomic E-state index is 0.0355. The first-order valence-corrected chi connectivity index (χ1v) is 8.49. The van der Waals surface area contributed by atoms with E-state index in [1.54, 1.807) is 49.6 Å². The summed E-state index contributed by atoms with van der Waals surface area (Å²) in [6.45, 7) is 0.0355. The van der Waals surface area contributed by atoms with Crippen LogP contribution in [0.3, 0.4) is 0 Å². The van der Waals surface area contributed by atoms with Crippen molar-refractivity contribution in [1.82, 2.24) is 10.3 Å². The highest BCUT2D eigenvalue weighted by molar-refractivity contribution is 6.05. The van der Waals surface area contributed by atoms with Gasteiger partial charge in [-0.25, -0.2) is 4.39 Å². The summed E-state index contributed by atoms with van der Waals surface area (Å²) in [7, 11) is 1.56. The summed E-state index contributed by atoms with van der Waals surface area (Å²) in [5.74, 6) is -0.571. The summed E-state index contributed by atoms with van der Waals surface area (Å²) in [5.41, 5.74) is 1.39. The zero-order chi connectivity index (χ0) is 19.9. The van der Waals surface area contributed by atoms with Gasteiger partial charge in [0.1, 0.15) is 11.6 Å². The van der Waals surface area contributed by atoms with E-state index in [1.165, 1.54) is 24.5 Å². The number of carbonyl (C=O) groups excluding carboxylic acids is 2. The topological polar surface area (TPSA) is 80.3 Å². The van der Waals surface area contributed by atoms with Crippen molar-refractivity contribution in [2.24, 2.45) is 0 Å². The number of ether oxygens (including phenoxy) is 1. The van der Waals surface area contributed by atoms with Crippen molar-refractivity contribution in [1.29, 1.82) is 0 Å². The average molecular weight is 379 g/mol. The molecule has 0 atom stereocenters. The minimum Gasteiger partial charge on any atom is -0.497 e. The molecule has 142 valence electrons. The molecule has 0 spiro atoms. The maximum atomic E-state index is 13.6. The Morgan fingerprint density at radius 1 is 1.00 bits per heavy atom. The van der Waals surface area contributed by atoms with E-state index < -0.39 is 17.6 Å². The number of pyridine rings is 1. The van der Waals surface area contributed by atoms with Crippen molar-refractivity contribution in [2.45, 2.75) is 6.54 Å². The summed E-state index contributed by atoms with van der Waals surface area (Å²) in [6.07, 6.45) is 2.72. The molecule has 0 aliphatic heterocycles. The molecule has 2 N–H and O–H groups in total. The van der Waals surface area contributed by atoms with E-state index >= 15 is 0 Å². The SMILES string of the molecule is COc1ccc(NC(=O)c2cncc(C(=O)NCc3ccccc3F)c2)cc1. The van der Waals surface area contributed by atoms with Crippen LogP contribution in [0.5, 0.6) is 5.75 Å². The molecule has 0 unspecified atom stereocenters. The van der Waals surface area contributed by atoms with E-state index in [4.69, 9.17) is 4.74 Å². The number of amides is 2. The number of hydrogen-bond acceptors (Lipinski definition) is 4. The standard InChI is InChI=1S/C21H18FN3O3/c1-28-18-8-6-17(7-9-18)25-21(27)16-10-15(11-23-12-16)20(26)24-13-14-4-2-3-5-19(14)22/h2-12H,13H2,1H3,(H,24,26)(H,25,27). The van der Waals surface area contributed by atoms with E-state index in [-0.39, 0.29) is 17.7 Å². The monoisotopic (exact) mass is 379 g/mol. The number of halogens is 1. The third kappa shape index (κ3) is 4.70. The molecule has 0 aliphatic carbocycles. The van der Waals surface area contributed by atoms with E-state index in [0.29, 0.717) is 17.0 Å². The van der Waals surface area contributed by atoms with E-state index in [1.807, 2.05) is 0 Å². The molecule has 2 amide bonds. The lowest BCUT2D eigenvalue weighted by molar-refractivity contribution is 0.0950. The van der Waals surface area contributed by atoms with Crippen LogP contribution >= 0.6 is 0 Å². The molecule has 1 aromatic heterocycles. The summed E-state index contributed by atoms with van der Waals surface area (Å²) in [4.78, 5) is 28.7. The van der Waals surface area contributed by atoms with Crippen molar-refractivity contribution in [3.05, 3.63) is 89.5 Å². The molecule has 0 saturated heterocycles. The normalized spacial score (nSPS) is 10.2. The molecule has 0 radical (unpaired) electrons. The Morgan fingerprint density at radius 2 is 1.68 bits per heavy atom. The maximum Gasteiger partial charge on any atom is 0.257 e. The summed E-state index contributed by atoms with van der Waals surface area (Å²) >= 11 is 0. The van der Waals surface area contributed by atoms with Gasteiger partial charge in [-0.05, 0) is 36.4 Å². The van der Waals surface area contributed by atoms with Gasteiger partial charge in [0.15, 0.2) is 0 Å². The Kier molecular flexibility index (Phi) is 5.96. The molecule has 6 nitrogen and oxygen atoms in total. The Balaban J connectivity index is 1.66. The quantitative estimate of drug-likeness (QED) is 0.688. The Bertz CT molecular complexity index is 990. The molecule has 0 fully saturated rings. The van der Waals surface area contributed by atoms with E-state index in [0.717, 1.165) is 0 Å². The molecule has 0 saturated carbocycles. The second-order valence-corrected chi connectivity index (χ2v) is 5.92. The number of methoxy groups -OCH3 is 1. The van der Waals surface area contributed by atoms with Gasteiger partial charge in [-0.2, -0.15) is 0 Å². The highest BCUT2D eigenvalue weighted by Gasteiger charge is 2.12. The first kappa shape index (κ1) is 19.0. The molecule has 7 heteroatoms. The van der Waals surface area contributed by atoms with Crippen LogP contribution in [0.15, 0.2) is 67.0 Å². The zero-order valence-corrected chi connectivity index (χ0v) is 15.1. The van der Waals surface area contributed by atoms with Gasteiger partial charge in [-0.1, -0.05) is 18.2 Å². The van der Waals surface area contributed by atoms with Gasteiger partial charge < -0.3 is 15.4 Å². The number of anilines is 1. The molecule has 2 aromatic carbocycles. The highest BCUT2D eigenvalue weighted by atomic mass is 19.1. The smallest absolute Gasteiger partial charge is 0.257 e. The van der Waals surface area contributed by atoms with Crippen LogP contribution < -0.4 is 15.4 Å². The maximum absolute atomic E-state index is 13.6. The first-order chi connectivity index (χ1) is 13.6. The van der Waals surface area contributed by atoms with Gasteiger partial charge in [0, 0.05) is 30.2 Å². The number of hydrogen-bond donors (Lipinski definition) is 2. The number of rotatable bonds is 6. The lowest BCUT2D eigenvalue weighted by Gasteiger charge is -2.08.